The summed E-state index contributed by atoms with van der Waals surface area (Å²) in [7, 11) is 0. The van der Waals surface area contributed by atoms with Gasteiger partial charge >= 0.3 is 0 Å². The van der Waals surface area contributed by atoms with E-state index in [1.165, 1.54) is 0 Å². The van der Waals surface area contributed by atoms with Crippen LogP contribution in [0.25, 0.3) is 0 Å². The summed E-state index contributed by atoms with van der Waals surface area (Å²) in [6, 6.07) is 7.46. The van der Waals surface area contributed by atoms with Gasteiger partial charge in [0.2, 0.25) is 0 Å². The van der Waals surface area contributed by atoms with E-state index in [4.69, 9.17) is 0 Å². The second-order valence-electron chi connectivity index (χ2n) is 7.90. The summed E-state index contributed by atoms with van der Waals surface area (Å²) in [5, 5.41) is 18.6. The van der Waals surface area contributed by atoms with Gasteiger partial charge in [0.1, 0.15) is 11.3 Å². The minimum Gasteiger partial charge on any atom is -0.380 e. The molecule has 1 saturated heterocycles. The van der Waals surface area contributed by atoms with Gasteiger partial charge in [-0.05, 0) is 25.0 Å². The quantitative estimate of drug-likeness (QED) is 0.850. The first-order valence-electron chi connectivity index (χ1n) is 9.99. The lowest BCUT2D eigenvalue weighted by molar-refractivity contribution is -0.143. The third kappa shape index (κ3) is 3.21. The molecule has 148 valence electrons. The van der Waals surface area contributed by atoms with Crippen LogP contribution in [0.4, 0.5) is 0 Å². The number of aliphatic hydroxyl groups is 1. The summed E-state index contributed by atoms with van der Waals surface area (Å²) in [5.74, 6) is -0.237. The second-order valence-corrected chi connectivity index (χ2v) is 7.90. The van der Waals surface area contributed by atoms with E-state index in [1.807, 2.05) is 36.4 Å². The van der Waals surface area contributed by atoms with Gasteiger partial charge < -0.3 is 14.9 Å². The fourth-order valence-electron chi connectivity index (χ4n) is 3.93. The fourth-order valence-corrected chi connectivity index (χ4v) is 3.93. The molecule has 29 heavy (non-hydrogen) atoms. The molecule has 1 N–H and O–H groups in total. The Hall–Kier alpha value is -3.06. The number of benzene rings is 1. The van der Waals surface area contributed by atoms with Gasteiger partial charge in [-0.3, -0.25) is 9.59 Å². The zero-order valence-electron chi connectivity index (χ0n) is 16.0. The van der Waals surface area contributed by atoms with Crippen LogP contribution in [0.1, 0.15) is 35.2 Å². The molecule has 0 bridgehead atoms. The van der Waals surface area contributed by atoms with Gasteiger partial charge in [0, 0.05) is 49.3 Å². The Morgan fingerprint density at radius 1 is 0.966 bits per heavy atom. The third-order valence-electron chi connectivity index (χ3n) is 5.93. The molecule has 0 radical (unpaired) electrons. The highest BCUT2D eigenvalue weighted by atomic mass is 16.3. The highest BCUT2D eigenvalue weighted by Crippen LogP contribution is 2.37. The van der Waals surface area contributed by atoms with Crippen molar-refractivity contribution in [1.29, 1.82) is 0 Å². The molecule has 2 amide bonds. The lowest BCUT2D eigenvalue weighted by atomic mass is 9.94. The average molecular weight is 390 g/mol. The molecule has 1 aromatic rings. The molecule has 0 unspecified atom stereocenters. The summed E-state index contributed by atoms with van der Waals surface area (Å²) in [6.07, 6.45) is 7.97. The SMILES string of the molecule is O=C(c1ccc(C2=NN=C3CC=CC=C32)cc1)N1CCN(C(=O)C2(O)CC2)CC1. The maximum absolute atomic E-state index is 12.8. The van der Waals surface area contributed by atoms with Crippen LogP contribution in [-0.2, 0) is 4.79 Å². The van der Waals surface area contributed by atoms with E-state index in [-0.39, 0.29) is 11.8 Å². The molecule has 7 nitrogen and oxygen atoms in total. The van der Waals surface area contributed by atoms with E-state index in [0.717, 1.165) is 29.0 Å². The van der Waals surface area contributed by atoms with Crippen molar-refractivity contribution in [3.8, 4) is 0 Å². The van der Waals surface area contributed by atoms with Crippen molar-refractivity contribution in [3.63, 3.8) is 0 Å². The highest BCUT2D eigenvalue weighted by Gasteiger charge is 2.50. The molecule has 4 aliphatic rings. The van der Waals surface area contributed by atoms with Crippen molar-refractivity contribution in [3.05, 3.63) is 59.2 Å². The predicted octanol–water partition coefficient (Wildman–Crippen LogP) is 1.54. The topological polar surface area (TPSA) is 85.6 Å². The number of piperazine rings is 1. The molecule has 0 atom stereocenters. The van der Waals surface area contributed by atoms with E-state index in [1.54, 1.807) is 9.80 Å². The summed E-state index contributed by atoms with van der Waals surface area (Å²) < 4.78 is 0. The molecule has 2 aliphatic heterocycles. The van der Waals surface area contributed by atoms with Gasteiger partial charge in [0.15, 0.2) is 0 Å². The zero-order valence-corrected chi connectivity index (χ0v) is 16.0. The summed E-state index contributed by atoms with van der Waals surface area (Å²) in [5.41, 5.74) is 3.28. The summed E-state index contributed by atoms with van der Waals surface area (Å²) >= 11 is 0. The van der Waals surface area contributed by atoms with E-state index in [9.17, 15) is 14.7 Å². The van der Waals surface area contributed by atoms with Crippen molar-refractivity contribution in [1.82, 2.24) is 9.80 Å². The number of carbonyl (C=O) groups is 2. The first-order valence-corrected chi connectivity index (χ1v) is 9.99. The lowest BCUT2D eigenvalue weighted by Gasteiger charge is -2.35. The first kappa shape index (κ1) is 18.0. The number of amides is 2. The van der Waals surface area contributed by atoms with Gasteiger partial charge in [0.25, 0.3) is 11.8 Å². The third-order valence-corrected chi connectivity index (χ3v) is 5.93. The Morgan fingerprint density at radius 3 is 2.34 bits per heavy atom. The van der Waals surface area contributed by atoms with Gasteiger partial charge in [-0.1, -0.05) is 30.4 Å². The van der Waals surface area contributed by atoms with E-state index >= 15 is 0 Å². The molecule has 0 spiro atoms. The predicted molar refractivity (Wildman–Crippen MR) is 109 cm³/mol. The Morgan fingerprint density at radius 2 is 1.66 bits per heavy atom. The Bertz CT molecular complexity index is 991. The van der Waals surface area contributed by atoms with Crippen LogP contribution in [0.2, 0.25) is 0 Å². The largest absolute Gasteiger partial charge is 0.380 e. The Labute approximate surface area is 168 Å². The molecular formula is C22H22N4O3. The minimum atomic E-state index is -1.14. The number of allylic oxidation sites excluding steroid dienone is 4. The van der Waals surface area contributed by atoms with Crippen LogP contribution in [0.3, 0.4) is 0 Å². The minimum absolute atomic E-state index is 0.0427. The highest BCUT2D eigenvalue weighted by molar-refractivity contribution is 6.33. The normalized spacial score (nSPS) is 21.9. The molecule has 2 aliphatic carbocycles. The Kier molecular flexibility index (Phi) is 4.20. The monoisotopic (exact) mass is 390 g/mol. The van der Waals surface area contributed by atoms with Gasteiger partial charge in [-0.2, -0.15) is 5.10 Å². The summed E-state index contributed by atoms with van der Waals surface area (Å²) in [6.45, 7) is 1.88. The standard InChI is InChI=1S/C22H22N4O3/c27-20(25-11-13-26(14-12-25)21(28)22(29)9-10-22)16-7-5-15(6-8-16)19-17-3-1-2-4-18(17)23-24-19/h1-3,5-8,29H,4,9-14H2. The van der Waals surface area contributed by atoms with E-state index in [0.29, 0.717) is 44.6 Å². The first-order chi connectivity index (χ1) is 14.0. The van der Waals surface area contributed by atoms with Crippen molar-refractivity contribution < 1.29 is 14.7 Å². The van der Waals surface area contributed by atoms with Crippen LogP contribution in [-0.4, -0.2) is 69.9 Å². The molecule has 0 aromatic heterocycles. The van der Waals surface area contributed by atoms with Crippen molar-refractivity contribution in [2.45, 2.75) is 24.9 Å². The molecule has 1 saturated carbocycles. The molecular weight excluding hydrogens is 368 g/mol. The van der Waals surface area contributed by atoms with Crippen molar-refractivity contribution in [2.75, 3.05) is 26.2 Å². The molecule has 5 rings (SSSR count). The molecule has 7 heteroatoms. The lowest BCUT2D eigenvalue weighted by Crippen LogP contribution is -2.53. The number of nitrogens with zero attached hydrogens (tertiary/aromatic N) is 4. The van der Waals surface area contributed by atoms with Crippen LogP contribution < -0.4 is 0 Å². The Balaban J connectivity index is 1.23. The van der Waals surface area contributed by atoms with Crippen LogP contribution in [0.5, 0.6) is 0 Å². The number of fused-ring (bicyclic) bond motifs is 1. The number of hydrogen-bond donors (Lipinski definition) is 1. The van der Waals surface area contributed by atoms with Gasteiger partial charge in [-0.25, -0.2) is 0 Å². The van der Waals surface area contributed by atoms with Crippen molar-refractivity contribution in [2.24, 2.45) is 10.2 Å². The smallest absolute Gasteiger partial charge is 0.254 e. The van der Waals surface area contributed by atoms with Gasteiger partial charge in [-0.15, -0.1) is 5.10 Å². The number of rotatable bonds is 3. The van der Waals surface area contributed by atoms with Crippen LogP contribution in [0.15, 0.2) is 58.3 Å². The number of hydrogen-bond acceptors (Lipinski definition) is 5. The summed E-state index contributed by atoms with van der Waals surface area (Å²) in [4.78, 5) is 28.5. The van der Waals surface area contributed by atoms with Crippen LogP contribution >= 0.6 is 0 Å². The number of carbonyl (C=O) groups excluding carboxylic acids is 2. The van der Waals surface area contributed by atoms with Crippen molar-refractivity contribution >= 4 is 23.2 Å². The second kappa shape index (κ2) is 6.77. The average Bonchev–Trinajstić information content (AvgIpc) is 3.38. The van der Waals surface area contributed by atoms with Crippen LogP contribution in [0, 0.1) is 0 Å². The van der Waals surface area contributed by atoms with E-state index in [2.05, 4.69) is 16.3 Å². The molecule has 1 aromatic carbocycles. The maximum Gasteiger partial charge on any atom is 0.254 e. The maximum atomic E-state index is 12.8. The van der Waals surface area contributed by atoms with E-state index < -0.39 is 5.60 Å². The molecule has 2 heterocycles. The fraction of sp³-hybridized carbons (Fsp3) is 0.364. The molecule has 2 fully saturated rings. The van der Waals surface area contributed by atoms with Gasteiger partial charge in [0.05, 0.1) is 5.71 Å². The zero-order chi connectivity index (χ0) is 20.0.